The minimum atomic E-state index is 0.224. The third-order valence-electron chi connectivity index (χ3n) is 4.90. The van der Waals surface area contributed by atoms with E-state index in [2.05, 4.69) is 28.6 Å². The molecule has 126 valence electrons. The van der Waals surface area contributed by atoms with Crippen LogP contribution in [0.4, 0.5) is 5.69 Å². The van der Waals surface area contributed by atoms with Crippen molar-refractivity contribution in [2.45, 2.75) is 45.1 Å². The number of hydrogen-bond donors (Lipinski definition) is 0. The summed E-state index contributed by atoms with van der Waals surface area (Å²) in [5.74, 6) is 0.224. The molecule has 0 saturated carbocycles. The SMILES string of the molecule is Cc1nc(-c2ccc3c(c2)CCN3C(=O)CC[C@@H]2CCCO2)cs1. The first-order chi connectivity index (χ1) is 11.7. The van der Waals surface area contributed by atoms with Gasteiger partial charge in [-0.2, -0.15) is 0 Å². The topological polar surface area (TPSA) is 42.4 Å². The van der Waals surface area contributed by atoms with E-state index in [1.54, 1.807) is 11.3 Å². The highest BCUT2D eigenvalue weighted by molar-refractivity contribution is 7.09. The Kier molecular flexibility index (Phi) is 4.37. The van der Waals surface area contributed by atoms with Crippen molar-refractivity contribution in [3.05, 3.63) is 34.2 Å². The van der Waals surface area contributed by atoms with Crippen molar-refractivity contribution in [1.29, 1.82) is 0 Å². The van der Waals surface area contributed by atoms with E-state index in [0.29, 0.717) is 6.42 Å². The van der Waals surface area contributed by atoms with Gasteiger partial charge in [0.1, 0.15) is 0 Å². The highest BCUT2D eigenvalue weighted by atomic mass is 32.1. The molecule has 1 atom stereocenters. The van der Waals surface area contributed by atoms with Gasteiger partial charge < -0.3 is 9.64 Å². The normalized spacial score (nSPS) is 19.7. The first-order valence-corrected chi connectivity index (χ1v) is 9.56. The van der Waals surface area contributed by atoms with E-state index in [1.165, 1.54) is 5.56 Å². The number of benzene rings is 1. The number of anilines is 1. The molecular weight excluding hydrogens is 320 g/mol. The number of ether oxygens (including phenoxy) is 1. The molecule has 1 saturated heterocycles. The second-order valence-corrected chi connectivity index (χ2v) is 7.63. The predicted octanol–water partition coefficient (Wildman–Crippen LogP) is 3.97. The zero-order valence-electron chi connectivity index (χ0n) is 14.0. The van der Waals surface area contributed by atoms with Crippen LogP contribution in [0.1, 0.15) is 36.3 Å². The molecule has 0 aliphatic carbocycles. The van der Waals surface area contributed by atoms with Crippen LogP contribution in [0.2, 0.25) is 0 Å². The van der Waals surface area contributed by atoms with Crippen LogP contribution in [0.3, 0.4) is 0 Å². The Hall–Kier alpha value is -1.72. The first kappa shape index (κ1) is 15.8. The van der Waals surface area contributed by atoms with Crippen LogP contribution in [0.15, 0.2) is 23.6 Å². The zero-order chi connectivity index (χ0) is 16.5. The summed E-state index contributed by atoms with van der Waals surface area (Å²) in [5, 5.41) is 3.17. The van der Waals surface area contributed by atoms with Gasteiger partial charge in [-0.15, -0.1) is 11.3 Å². The number of fused-ring (bicyclic) bond motifs is 1. The third kappa shape index (κ3) is 3.10. The summed E-state index contributed by atoms with van der Waals surface area (Å²) in [7, 11) is 0. The number of nitrogens with zero attached hydrogens (tertiary/aromatic N) is 2. The predicted molar refractivity (Wildman–Crippen MR) is 96.6 cm³/mol. The van der Waals surface area contributed by atoms with Gasteiger partial charge in [0.25, 0.3) is 0 Å². The van der Waals surface area contributed by atoms with Crippen molar-refractivity contribution < 1.29 is 9.53 Å². The van der Waals surface area contributed by atoms with Gasteiger partial charge in [0.2, 0.25) is 5.91 Å². The Bertz CT molecular complexity index is 750. The van der Waals surface area contributed by atoms with Gasteiger partial charge in [-0.3, -0.25) is 4.79 Å². The van der Waals surface area contributed by atoms with Crippen LogP contribution in [0, 0.1) is 6.92 Å². The quantitative estimate of drug-likeness (QED) is 0.844. The van der Waals surface area contributed by atoms with Crippen molar-refractivity contribution in [2.75, 3.05) is 18.1 Å². The Balaban J connectivity index is 1.46. The smallest absolute Gasteiger partial charge is 0.227 e. The maximum absolute atomic E-state index is 12.6. The number of hydrogen-bond acceptors (Lipinski definition) is 4. The summed E-state index contributed by atoms with van der Waals surface area (Å²) in [5.41, 5.74) is 4.50. The number of carbonyl (C=O) groups excluding carboxylic acids is 1. The fourth-order valence-electron chi connectivity index (χ4n) is 3.61. The molecule has 0 N–H and O–H groups in total. The second kappa shape index (κ2) is 6.65. The van der Waals surface area contributed by atoms with Crippen molar-refractivity contribution >= 4 is 22.9 Å². The molecule has 4 rings (SSSR count). The molecule has 4 nitrogen and oxygen atoms in total. The van der Waals surface area contributed by atoms with E-state index in [1.807, 2.05) is 11.8 Å². The lowest BCUT2D eigenvalue weighted by molar-refractivity contribution is -0.119. The summed E-state index contributed by atoms with van der Waals surface area (Å²) >= 11 is 1.67. The first-order valence-electron chi connectivity index (χ1n) is 8.68. The van der Waals surface area contributed by atoms with Gasteiger partial charge in [0, 0.05) is 36.2 Å². The van der Waals surface area contributed by atoms with Gasteiger partial charge in [0.15, 0.2) is 0 Å². The standard InChI is InChI=1S/C19H22N2O2S/c1-13-20-17(12-24-13)14-4-6-18-15(11-14)8-9-21(18)19(22)7-5-16-3-2-10-23-16/h4,6,11-12,16H,2-3,5,7-10H2,1H3/t16-/m0/s1. The van der Waals surface area contributed by atoms with Gasteiger partial charge in [-0.05, 0) is 50.3 Å². The molecule has 2 aliphatic heterocycles. The van der Waals surface area contributed by atoms with Crippen LogP contribution in [0.25, 0.3) is 11.3 Å². The van der Waals surface area contributed by atoms with Gasteiger partial charge >= 0.3 is 0 Å². The van der Waals surface area contributed by atoms with E-state index >= 15 is 0 Å². The van der Waals surface area contributed by atoms with E-state index < -0.39 is 0 Å². The molecule has 1 fully saturated rings. The molecule has 1 aromatic carbocycles. The van der Waals surface area contributed by atoms with Gasteiger partial charge in [-0.25, -0.2) is 4.98 Å². The Labute approximate surface area is 146 Å². The monoisotopic (exact) mass is 342 g/mol. The van der Waals surface area contributed by atoms with Gasteiger partial charge in [-0.1, -0.05) is 6.07 Å². The lowest BCUT2D eigenvalue weighted by Gasteiger charge is -2.18. The lowest BCUT2D eigenvalue weighted by Crippen LogP contribution is -2.29. The average Bonchev–Trinajstić information content (AvgIpc) is 3.32. The minimum Gasteiger partial charge on any atom is -0.378 e. The molecule has 0 unspecified atom stereocenters. The van der Waals surface area contributed by atoms with Crippen molar-refractivity contribution in [1.82, 2.24) is 4.98 Å². The fourth-order valence-corrected chi connectivity index (χ4v) is 4.23. The Morgan fingerprint density at radius 2 is 2.38 bits per heavy atom. The summed E-state index contributed by atoms with van der Waals surface area (Å²) in [6.07, 6.45) is 4.87. The van der Waals surface area contributed by atoms with Crippen LogP contribution in [-0.2, 0) is 16.0 Å². The minimum absolute atomic E-state index is 0.224. The number of carbonyl (C=O) groups is 1. The molecule has 0 spiro atoms. The maximum atomic E-state index is 12.6. The number of thiazole rings is 1. The summed E-state index contributed by atoms with van der Waals surface area (Å²) in [6.45, 7) is 3.67. The number of aryl methyl sites for hydroxylation is 1. The largest absolute Gasteiger partial charge is 0.378 e. The molecule has 3 heterocycles. The molecule has 24 heavy (non-hydrogen) atoms. The van der Waals surface area contributed by atoms with Crippen LogP contribution in [0.5, 0.6) is 0 Å². The highest BCUT2D eigenvalue weighted by Crippen LogP contribution is 2.33. The Morgan fingerprint density at radius 3 is 3.12 bits per heavy atom. The number of amides is 1. The number of rotatable bonds is 4. The van der Waals surface area contributed by atoms with E-state index in [4.69, 9.17) is 4.74 Å². The summed E-state index contributed by atoms with van der Waals surface area (Å²) < 4.78 is 5.63. The van der Waals surface area contributed by atoms with E-state index in [0.717, 1.165) is 60.8 Å². The highest BCUT2D eigenvalue weighted by Gasteiger charge is 2.26. The second-order valence-electron chi connectivity index (χ2n) is 6.56. The molecule has 5 heteroatoms. The van der Waals surface area contributed by atoms with Crippen LogP contribution < -0.4 is 4.90 Å². The molecule has 1 aromatic heterocycles. The lowest BCUT2D eigenvalue weighted by atomic mass is 10.1. The molecule has 0 radical (unpaired) electrons. The zero-order valence-corrected chi connectivity index (χ0v) is 14.8. The number of aromatic nitrogens is 1. The summed E-state index contributed by atoms with van der Waals surface area (Å²) in [4.78, 5) is 19.1. The molecular formula is C19H22N2O2S. The summed E-state index contributed by atoms with van der Waals surface area (Å²) in [6, 6.07) is 6.35. The molecule has 1 amide bonds. The molecule has 2 aliphatic rings. The fraction of sp³-hybridized carbons (Fsp3) is 0.474. The Morgan fingerprint density at radius 1 is 1.46 bits per heavy atom. The van der Waals surface area contributed by atoms with E-state index in [9.17, 15) is 4.79 Å². The van der Waals surface area contributed by atoms with E-state index in [-0.39, 0.29) is 12.0 Å². The van der Waals surface area contributed by atoms with Crippen molar-refractivity contribution in [3.63, 3.8) is 0 Å². The van der Waals surface area contributed by atoms with Crippen molar-refractivity contribution in [2.24, 2.45) is 0 Å². The van der Waals surface area contributed by atoms with Crippen LogP contribution in [-0.4, -0.2) is 30.1 Å². The molecule has 2 aromatic rings. The third-order valence-corrected chi connectivity index (χ3v) is 5.67. The van der Waals surface area contributed by atoms with Crippen molar-refractivity contribution in [3.8, 4) is 11.3 Å². The molecule has 0 bridgehead atoms. The van der Waals surface area contributed by atoms with Crippen LogP contribution >= 0.6 is 11.3 Å². The maximum Gasteiger partial charge on any atom is 0.227 e. The van der Waals surface area contributed by atoms with Gasteiger partial charge in [0.05, 0.1) is 16.8 Å². The average molecular weight is 342 g/mol.